The lowest BCUT2D eigenvalue weighted by molar-refractivity contribution is -0.142. The van der Waals surface area contributed by atoms with Gasteiger partial charge in [0, 0.05) is 6.42 Å². The number of likely N-dealkylation sites (tertiary alicyclic amines) is 1. The highest BCUT2D eigenvalue weighted by atomic mass is 16.2. The molecule has 0 saturated carbocycles. The second kappa shape index (κ2) is 4.01. The zero-order valence-electron chi connectivity index (χ0n) is 9.41. The molecule has 0 aromatic heterocycles. The van der Waals surface area contributed by atoms with E-state index >= 15 is 0 Å². The Morgan fingerprint density at radius 3 is 2.33 bits per heavy atom. The SMILES string of the molecule is CCC1(CC)CC(=O)N(C(C)C#N)C1=O. The smallest absolute Gasteiger partial charge is 0.237 e. The van der Waals surface area contributed by atoms with Crippen LogP contribution in [0.25, 0.3) is 0 Å². The van der Waals surface area contributed by atoms with Crippen LogP contribution >= 0.6 is 0 Å². The summed E-state index contributed by atoms with van der Waals surface area (Å²) in [6.45, 7) is 5.40. The van der Waals surface area contributed by atoms with Crippen LogP contribution in [0.4, 0.5) is 0 Å². The molecule has 2 amide bonds. The maximum atomic E-state index is 12.1. The Hall–Kier alpha value is -1.37. The Balaban J connectivity index is 3.03. The lowest BCUT2D eigenvalue weighted by atomic mass is 9.81. The van der Waals surface area contributed by atoms with Crippen LogP contribution in [0, 0.1) is 16.7 Å². The summed E-state index contributed by atoms with van der Waals surface area (Å²) in [5, 5.41) is 8.75. The standard InChI is InChI=1S/C11H16N2O2/c1-4-11(5-2)6-9(14)13(10(11)15)8(3)7-12/h8H,4-6H2,1-3H3. The van der Waals surface area contributed by atoms with Crippen molar-refractivity contribution in [2.75, 3.05) is 0 Å². The van der Waals surface area contributed by atoms with Crippen molar-refractivity contribution < 1.29 is 9.59 Å². The highest BCUT2D eigenvalue weighted by Crippen LogP contribution is 2.39. The van der Waals surface area contributed by atoms with Crippen LogP contribution in [-0.2, 0) is 9.59 Å². The lowest BCUT2D eigenvalue weighted by Crippen LogP contribution is -2.40. The molecular weight excluding hydrogens is 192 g/mol. The van der Waals surface area contributed by atoms with E-state index in [1.54, 1.807) is 6.92 Å². The van der Waals surface area contributed by atoms with E-state index in [0.717, 1.165) is 4.90 Å². The molecule has 15 heavy (non-hydrogen) atoms. The third-order valence-corrected chi connectivity index (χ3v) is 3.36. The Morgan fingerprint density at radius 2 is 2.00 bits per heavy atom. The van der Waals surface area contributed by atoms with Gasteiger partial charge in [0.25, 0.3) is 0 Å². The summed E-state index contributed by atoms with van der Waals surface area (Å²) >= 11 is 0. The van der Waals surface area contributed by atoms with Crippen molar-refractivity contribution in [3.63, 3.8) is 0 Å². The monoisotopic (exact) mass is 208 g/mol. The van der Waals surface area contributed by atoms with Crippen molar-refractivity contribution in [3.05, 3.63) is 0 Å². The van der Waals surface area contributed by atoms with Gasteiger partial charge in [-0.25, -0.2) is 0 Å². The number of nitriles is 1. The van der Waals surface area contributed by atoms with Crippen molar-refractivity contribution >= 4 is 11.8 Å². The van der Waals surface area contributed by atoms with Crippen molar-refractivity contribution in [2.24, 2.45) is 5.41 Å². The summed E-state index contributed by atoms with van der Waals surface area (Å²) in [7, 11) is 0. The van der Waals surface area contributed by atoms with Gasteiger partial charge in [-0.3, -0.25) is 14.5 Å². The molecular formula is C11H16N2O2. The van der Waals surface area contributed by atoms with Gasteiger partial charge in [-0.05, 0) is 19.8 Å². The minimum absolute atomic E-state index is 0.174. The van der Waals surface area contributed by atoms with E-state index in [0.29, 0.717) is 12.8 Å². The fourth-order valence-corrected chi connectivity index (χ4v) is 2.07. The predicted molar refractivity (Wildman–Crippen MR) is 54.6 cm³/mol. The number of nitrogens with zero attached hydrogens (tertiary/aromatic N) is 2. The number of carbonyl (C=O) groups excluding carboxylic acids is 2. The van der Waals surface area contributed by atoms with E-state index in [1.165, 1.54) is 0 Å². The van der Waals surface area contributed by atoms with Crippen molar-refractivity contribution in [3.8, 4) is 6.07 Å². The fourth-order valence-electron chi connectivity index (χ4n) is 2.07. The van der Waals surface area contributed by atoms with E-state index < -0.39 is 11.5 Å². The number of hydrogen-bond donors (Lipinski definition) is 0. The molecule has 1 saturated heterocycles. The van der Waals surface area contributed by atoms with Crippen LogP contribution < -0.4 is 0 Å². The largest absolute Gasteiger partial charge is 0.274 e. The van der Waals surface area contributed by atoms with Gasteiger partial charge in [-0.15, -0.1) is 0 Å². The van der Waals surface area contributed by atoms with Gasteiger partial charge >= 0.3 is 0 Å². The summed E-state index contributed by atoms with van der Waals surface area (Å²) in [4.78, 5) is 24.8. The molecule has 1 atom stereocenters. The first kappa shape index (κ1) is 11.7. The molecule has 82 valence electrons. The molecule has 1 aliphatic rings. The Morgan fingerprint density at radius 1 is 1.47 bits per heavy atom. The molecule has 1 aliphatic heterocycles. The second-order valence-corrected chi connectivity index (χ2v) is 4.04. The molecule has 1 rings (SSSR count). The molecule has 1 unspecified atom stereocenters. The third-order valence-electron chi connectivity index (χ3n) is 3.36. The van der Waals surface area contributed by atoms with Crippen molar-refractivity contribution in [1.82, 2.24) is 4.90 Å². The van der Waals surface area contributed by atoms with Gasteiger partial charge in [-0.2, -0.15) is 5.26 Å². The van der Waals surface area contributed by atoms with E-state index in [4.69, 9.17) is 5.26 Å². The van der Waals surface area contributed by atoms with Crippen molar-refractivity contribution in [2.45, 2.75) is 46.1 Å². The number of amides is 2. The van der Waals surface area contributed by atoms with Gasteiger partial charge in [0.15, 0.2) is 0 Å². The molecule has 0 bridgehead atoms. The van der Waals surface area contributed by atoms with E-state index in [-0.39, 0.29) is 18.2 Å². The Labute approximate surface area is 89.9 Å². The molecule has 4 heteroatoms. The number of rotatable bonds is 3. The molecule has 0 aliphatic carbocycles. The summed E-state index contributed by atoms with van der Waals surface area (Å²) in [6, 6.07) is 1.29. The predicted octanol–water partition coefficient (Wildman–Crippen LogP) is 1.46. The quantitative estimate of drug-likeness (QED) is 0.660. The van der Waals surface area contributed by atoms with Gasteiger partial charge < -0.3 is 0 Å². The number of carbonyl (C=O) groups is 2. The topological polar surface area (TPSA) is 61.2 Å². The molecule has 4 nitrogen and oxygen atoms in total. The molecule has 0 aromatic carbocycles. The summed E-state index contributed by atoms with van der Waals surface area (Å²) in [5.41, 5.74) is -0.553. The molecule has 0 spiro atoms. The molecule has 0 N–H and O–H groups in total. The lowest BCUT2D eigenvalue weighted by Gasteiger charge is -2.24. The van der Waals surface area contributed by atoms with Crippen LogP contribution in [-0.4, -0.2) is 22.8 Å². The maximum absolute atomic E-state index is 12.1. The summed E-state index contributed by atoms with van der Waals surface area (Å²) in [6.07, 6.45) is 1.57. The van der Waals surface area contributed by atoms with Crippen LogP contribution in [0.2, 0.25) is 0 Å². The van der Waals surface area contributed by atoms with Gasteiger partial charge in [0.05, 0.1) is 11.5 Å². The van der Waals surface area contributed by atoms with E-state index in [1.807, 2.05) is 19.9 Å². The summed E-state index contributed by atoms with van der Waals surface area (Å²) in [5.74, 6) is -0.385. The Kier molecular flexibility index (Phi) is 3.13. The van der Waals surface area contributed by atoms with Crippen molar-refractivity contribution in [1.29, 1.82) is 5.26 Å². The third kappa shape index (κ3) is 1.63. The van der Waals surface area contributed by atoms with Crippen LogP contribution in [0.3, 0.4) is 0 Å². The average molecular weight is 208 g/mol. The second-order valence-electron chi connectivity index (χ2n) is 4.04. The van der Waals surface area contributed by atoms with Gasteiger partial charge in [0.2, 0.25) is 11.8 Å². The zero-order valence-corrected chi connectivity index (χ0v) is 9.41. The van der Waals surface area contributed by atoms with E-state index in [9.17, 15) is 9.59 Å². The fraction of sp³-hybridized carbons (Fsp3) is 0.727. The first-order chi connectivity index (χ1) is 7.02. The molecule has 1 heterocycles. The number of hydrogen-bond acceptors (Lipinski definition) is 3. The van der Waals surface area contributed by atoms with Crippen LogP contribution in [0.1, 0.15) is 40.0 Å². The zero-order chi connectivity index (χ0) is 11.6. The maximum Gasteiger partial charge on any atom is 0.237 e. The van der Waals surface area contributed by atoms with Crippen LogP contribution in [0.15, 0.2) is 0 Å². The minimum atomic E-state index is -0.648. The normalized spacial score (nSPS) is 21.6. The first-order valence-electron chi connectivity index (χ1n) is 5.28. The molecule has 0 aromatic rings. The Bertz CT molecular complexity index is 326. The van der Waals surface area contributed by atoms with Gasteiger partial charge in [0.1, 0.15) is 6.04 Å². The average Bonchev–Trinajstić information content (AvgIpc) is 2.50. The minimum Gasteiger partial charge on any atom is -0.274 e. The van der Waals surface area contributed by atoms with Crippen LogP contribution in [0.5, 0.6) is 0 Å². The highest BCUT2D eigenvalue weighted by molar-refractivity contribution is 6.06. The van der Waals surface area contributed by atoms with E-state index in [2.05, 4.69) is 0 Å². The molecule has 1 fully saturated rings. The molecule has 0 radical (unpaired) electrons. The highest BCUT2D eigenvalue weighted by Gasteiger charge is 2.50. The van der Waals surface area contributed by atoms with Gasteiger partial charge in [-0.1, -0.05) is 13.8 Å². The first-order valence-corrected chi connectivity index (χ1v) is 5.28. The number of imide groups is 1. The summed E-state index contributed by atoms with van der Waals surface area (Å²) < 4.78 is 0.